The van der Waals surface area contributed by atoms with E-state index in [-0.39, 0.29) is 17.4 Å². The van der Waals surface area contributed by atoms with Gasteiger partial charge < -0.3 is 4.74 Å². The van der Waals surface area contributed by atoms with Crippen LogP contribution in [-0.2, 0) is 0 Å². The van der Waals surface area contributed by atoms with Crippen molar-refractivity contribution in [1.82, 2.24) is 0 Å². The molecule has 0 aliphatic carbocycles. The number of benzene rings is 2. The van der Waals surface area contributed by atoms with Gasteiger partial charge in [0.15, 0.2) is 0 Å². The van der Waals surface area contributed by atoms with Gasteiger partial charge in [-0.05, 0) is 27.6 Å². The third kappa shape index (κ3) is 4.04. The lowest BCUT2D eigenvalue weighted by molar-refractivity contribution is -0.386. The van der Waals surface area contributed by atoms with Crippen molar-refractivity contribution >= 4 is 37.5 Å². The van der Waals surface area contributed by atoms with Crippen LogP contribution < -0.4 is 4.74 Å². The standard InChI is InChI=1S/C15H13Br2NO3/c16-9-12(11-5-2-1-3-6-11)10-21-15-13(17)7-4-8-14(15)18(19)20/h1-8,12H,9-10H2. The summed E-state index contributed by atoms with van der Waals surface area (Å²) in [6.45, 7) is 0.360. The number of nitrogens with zero attached hydrogens (tertiary/aromatic N) is 1. The Balaban J connectivity index is 2.17. The summed E-state index contributed by atoms with van der Waals surface area (Å²) in [6, 6.07) is 14.7. The summed E-state index contributed by atoms with van der Waals surface area (Å²) in [5.74, 6) is 0.391. The predicted molar refractivity (Wildman–Crippen MR) is 89.3 cm³/mol. The molecule has 0 spiro atoms. The van der Waals surface area contributed by atoms with Crippen LogP contribution in [0.3, 0.4) is 0 Å². The molecule has 0 heterocycles. The van der Waals surface area contributed by atoms with Crippen LogP contribution in [0.2, 0.25) is 0 Å². The number of para-hydroxylation sites is 1. The van der Waals surface area contributed by atoms with E-state index in [1.54, 1.807) is 12.1 Å². The molecule has 0 saturated heterocycles. The number of halogens is 2. The third-order valence-corrected chi connectivity index (χ3v) is 4.44. The molecule has 1 atom stereocenters. The first-order valence-electron chi connectivity index (χ1n) is 6.30. The summed E-state index contributed by atoms with van der Waals surface area (Å²) in [5, 5.41) is 11.8. The number of nitro groups is 1. The summed E-state index contributed by atoms with van der Waals surface area (Å²) in [5.41, 5.74) is 1.09. The average Bonchev–Trinajstić information content (AvgIpc) is 2.50. The van der Waals surface area contributed by atoms with Crippen LogP contribution in [0.5, 0.6) is 5.75 Å². The minimum absolute atomic E-state index is 0.0363. The van der Waals surface area contributed by atoms with Crippen LogP contribution in [0.1, 0.15) is 11.5 Å². The predicted octanol–water partition coefficient (Wildman–Crippen LogP) is 4.91. The van der Waals surface area contributed by atoms with Crippen molar-refractivity contribution in [2.24, 2.45) is 0 Å². The number of nitro benzene ring substituents is 1. The van der Waals surface area contributed by atoms with Gasteiger partial charge in [-0.2, -0.15) is 0 Å². The van der Waals surface area contributed by atoms with Crippen molar-refractivity contribution in [3.05, 3.63) is 68.7 Å². The molecule has 0 aromatic heterocycles. The molecule has 4 nitrogen and oxygen atoms in total. The van der Waals surface area contributed by atoms with E-state index in [0.717, 1.165) is 10.9 Å². The minimum atomic E-state index is -0.439. The van der Waals surface area contributed by atoms with E-state index in [2.05, 4.69) is 31.9 Å². The molecule has 0 bridgehead atoms. The highest BCUT2D eigenvalue weighted by atomic mass is 79.9. The van der Waals surface area contributed by atoms with Gasteiger partial charge in [-0.15, -0.1) is 0 Å². The Kier molecular flexibility index (Phi) is 5.76. The zero-order chi connectivity index (χ0) is 15.2. The lowest BCUT2D eigenvalue weighted by Crippen LogP contribution is -2.12. The Morgan fingerprint density at radius 2 is 1.86 bits per heavy atom. The fourth-order valence-electron chi connectivity index (χ4n) is 1.92. The number of hydrogen-bond acceptors (Lipinski definition) is 3. The largest absolute Gasteiger partial charge is 0.485 e. The Morgan fingerprint density at radius 1 is 1.14 bits per heavy atom. The molecular formula is C15H13Br2NO3. The first-order chi connectivity index (χ1) is 10.1. The van der Waals surface area contributed by atoms with Crippen molar-refractivity contribution in [1.29, 1.82) is 0 Å². The molecule has 0 fully saturated rings. The van der Waals surface area contributed by atoms with Crippen LogP contribution in [0.4, 0.5) is 5.69 Å². The molecule has 0 aliphatic rings. The molecule has 110 valence electrons. The molecule has 0 aliphatic heterocycles. The van der Waals surface area contributed by atoms with Crippen molar-refractivity contribution in [2.45, 2.75) is 5.92 Å². The average molecular weight is 415 g/mol. The SMILES string of the molecule is O=[N+]([O-])c1cccc(Br)c1OCC(CBr)c1ccccc1. The molecule has 2 rings (SSSR count). The highest BCUT2D eigenvalue weighted by Gasteiger charge is 2.20. The maximum absolute atomic E-state index is 11.1. The van der Waals surface area contributed by atoms with Gasteiger partial charge in [0.25, 0.3) is 0 Å². The Hall–Kier alpha value is -1.40. The van der Waals surface area contributed by atoms with E-state index in [9.17, 15) is 10.1 Å². The van der Waals surface area contributed by atoms with Gasteiger partial charge in [0.1, 0.15) is 0 Å². The second kappa shape index (κ2) is 7.56. The number of alkyl halides is 1. The van der Waals surface area contributed by atoms with Crippen LogP contribution in [-0.4, -0.2) is 16.9 Å². The van der Waals surface area contributed by atoms with Crippen LogP contribution in [0.15, 0.2) is 53.0 Å². The molecule has 21 heavy (non-hydrogen) atoms. The zero-order valence-electron chi connectivity index (χ0n) is 11.0. The summed E-state index contributed by atoms with van der Waals surface area (Å²) < 4.78 is 6.30. The van der Waals surface area contributed by atoms with E-state index in [4.69, 9.17) is 4.74 Å². The molecule has 0 amide bonds. The molecular weight excluding hydrogens is 402 g/mol. The van der Waals surface area contributed by atoms with Gasteiger partial charge in [-0.1, -0.05) is 52.3 Å². The Morgan fingerprint density at radius 3 is 2.48 bits per heavy atom. The van der Waals surface area contributed by atoms with Gasteiger partial charge in [0.2, 0.25) is 5.75 Å². The molecule has 0 radical (unpaired) electrons. The second-order valence-corrected chi connectivity index (χ2v) is 5.92. The van der Waals surface area contributed by atoms with Crippen LogP contribution >= 0.6 is 31.9 Å². The van der Waals surface area contributed by atoms with Gasteiger partial charge in [0.05, 0.1) is 16.0 Å². The van der Waals surface area contributed by atoms with Crippen molar-refractivity contribution in [2.75, 3.05) is 11.9 Å². The topological polar surface area (TPSA) is 52.4 Å². The van der Waals surface area contributed by atoms with E-state index in [1.807, 2.05) is 30.3 Å². The van der Waals surface area contributed by atoms with E-state index >= 15 is 0 Å². The maximum atomic E-state index is 11.1. The third-order valence-electron chi connectivity index (χ3n) is 3.03. The monoisotopic (exact) mass is 413 g/mol. The number of ether oxygens (including phenoxy) is 1. The lowest BCUT2D eigenvalue weighted by atomic mass is 10.0. The van der Waals surface area contributed by atoms with Crippen molar-refractivity contribution in [3.8, 4) is 5.75 Å². The zero-order valence-corrected chi connectivity index (χ0v) is 14.2. The van der Waals surface area contributed by atoms with Crippen LogP contribution in [0, 0.1) is 10.1 Å². The molecule has 2 aromatic carbocycles. The Bertz CT molecular complexity index is 620. The highest BCUT2D eigenvalue weighted by molar-refractivity contribution is 9.10. The normalized spacial score (nSPS) is 11.9. The summed E-state index contributed by atoms with van der Waals surface area (Å²) in [7, 11) is 0. The fourth-order valence-corrected chi connectivity index (χ4v) is 2.95. The summed E-state index contributed by atoms with van der Waals surface area (Å²) >= 11 is 6.77. The molecule has 0 saturated carbocycles. The quantitative estimate of drug-likeness (QED) is 0.383. The molecule has 1 unspecified atom stereocenters. The first-order valence-corrected chi connectivity index (χ1v) is 8.21. The summed E-state index contributed by atoms with van der Waals surface area (Å²) in [6.07, 6.45) is 0. The smallest absolute Gasteiger partial charge is 0.312 e. The van der Waals surface area contributed by atoms with Gasteiger partial charge in [-0.25, -0.2) is 0 Å². The van der Waals surface area contributed by atoms with Crippen LogP contribution in [0.25, 0.3) is 0 Å². The van der Waals surface area contributed by atoms with E-state index in [0.29, 0.717) is 11.1 Å². The number of rotatable bonds is 6. The lowest BCUT2D eigenvalue weighted by Gasteiger charge is -2.16. The van der Waals surface area contributed by atoms with Gasteiger partial charge >= 0.3 is 5.69 Å². The highest BCUT2D eigenvalue weighted by Crippen LogP contribution is 2.35. The first kappa shape index (κ1) is 16.0. The fraction of sp³-hybridized carbons (Fsp3) is 0.200. The maximum Gasteiger partial charge on any atom is 0.312 e. The summed E-state index contributed by atoms with van der Waals surface area (Å²) in [4.78, 5) is 10.6. The van der Waals surface area contributed by atoms with Gasteiger partial charge in [-0.3, -0.25) is 10.1 Å². The second-order valence-electron chi connectivity index (χ2n) is 4.42. The van der Waals surface area contributed by atoms with E-state index in [1.165, 1.54) is 6.07 Å². The van der Waals surface area contributed by atoms with Gasteiger partial charge in [0, 0.05) is 17.3 Å². The molecule has 6 heteroatoms. The number of hydrogen-bond donors (Lipinski definition) is 0. The Labute approximate surface area is 139 Å². The molecule has 0 N–H and O–H groups in total. The molecule has 2 aromatic rings. The minimum Gasteiger partial charge on any atom is -0.485 e. The van der Waals surface area contributed by atoms with Crippen molar-refractivity contribution < 1.29 is 9.66 Å². The van der Waals surface area contributed by atoms with E-state index < -0.39 is 4.92 Å². The van der Waals surface area contributed by atoms with Crippen molar-refractivity contribution in [3.63, 3.8) is 0 Å².